The second-order valence-electron chi connectivity index (χ2n) is 5.86. The number of ether oxygens (including phenoxy) is 2. The Balaban J connectivity index is 2.49. The Hall–Kier alpha value is -1.50. The molecule has 0 radical (unpaired) electrons. The number of nitrogens with zero attached hydrogens (tertiary/aromatic N) is 2. The zero-order valence-corrected chi connectivity index (χ0v) is 15.3. The van der Waals surface area contributed by atoms with Crippen molar-refractivity contribution in [3.63, 3.8) is 0 Å². The van der Waals surface area contributed by atoms with Crippen molar-refractivity contribution >= 4 is 40.1 Å². The minimum absolute atomic E-state index is 0.400. The van der Waals surface area contributed by atoms with Crippen LogP contribution in [0.25, 0.3) is 10.9 Å². The van der Waals surface area contributed by atoms with Crippen LogP contribution in [0.4, 0.5) is 0 Å². The molecule has 2 rings (SSSR count). The van der Waals surface area contributed by atoms with Gasteiger partial charge in [0.05, 0.1) is 36.5 Å². The number of rotatable bonds is 4. The molecule has 1 unspecified atom stereocenters. The predicted octanol–water partition coefficient (Wildman–Crippen LogP) is 3.79. The lowest BCUT2D eigenvalue weighted by molar-refractivity contribution is 0.398. The summed E-state index contributed by atoms with van der Waals surface area (Å²) in [5.41, 5.74) is 1.33. The molecule has 0 aliphatic carbocycles. The normalized spacial score (nSPS) is 13.5. The van der Waals surface area contributed by atoms with Gasteiger partial charge in [-0.3, -0.25) is 0 Å². The number of halogens is 1. The Morgan fingerprint density at radius 1 is 1.22 bits per heavy atom. The van der Waals surface area contributed by atoms with Gasteiger partial charge in [0.2, 0.25) is 5.88 Å². The number of aromatic nitrogens is 1. The highest BCUT2D eigenvalue weighted by Gasteiger charge is 2.26. The lowest BCUT2D eigenvalue weighted by Gasteiger charge is -2.17. The molecule has 0 spiro atoms. The summed E-state index contributed by atoms with van der Waals surface area (Å²) >= 11 is 4.80. The molecule has 0 aliphatic heterocycles. The maximum Gasteiger partial charge on any atom is 0.222 e. The summed E-state index contributed by atoms with van der Waals surface area (Å²) in [6, 6.07) is 5.35. The summed E-state index contributed by atoms with van der Waals surface area (Å²) in [4.78, 5) is 4.43. The van der Waals surface area contributed by atoms with E-state index in [1.807, 2.05) is 26.8 Å². The fourth-order valence-electron chi connectivity index (χ4n) is 1.85. The molecule has 23 heavy (non-hydrogen) atoms. The van der Waals surface area contributed by atoms with Gasteiger partial charge in [0.1, 0.15) is 21.9 Å². The second-order valence-corrected chi connectivity index (χ2v) is 8.20. The van der Waals surface area contributed by atoms with Crippen LogP contribution in [0.5, 0.6) is 11.6 Å². The molecule has 7 heteroatoms. The molecular formula is C16H19ClN2O3S. The van der Waals surface area contributed by atoms with Gasteiger partial charge in [-0.15, -0.1) is 0 Å². The molecule has 0 saturated carbocycles. The third kappa shape index (κ3) is 4.07. The van der Waals surface area contributed by atoms with Crippen molar-refractivity contribution in [1.29, 1.82) is 0 Å². The molecule has 1 aromatic heterocycles. The Bertz CT molecular complexity index is 744. The van der Waals surface area contributed by atoms with Gasteiger partial charge < -0.3 is 14.0 Å². The first-order valence-corrected chi connectivity index (χ1v) is 8.43. The number of fused-ring (bicyclic) bond motifs is 1. The van der Waals surface area contributed by atoms with Gasteiger partial charge in [-0.25, -0.2) is 4.98 Å². The standard InChI is InChI=1S/C16H19ClN2O3S/c1-16(2,3)23(20)18-9-11-6-10-7-12(17)14(21-4)8-13(10)19-15(11)22-5/h6-9H,1-5H3. The number of hydrogen-bond acceptors (Lipinski definition) is 5. The summed E-state index contributed by atoms with van der Waals surface area (Å²) in [5, 5.41) is 1.31. The Morgan fingerprint density at radius 3 is 2.48 bits per heavy atom. The third-order valence-corrected chi connectivity index (χ3v) is 4.73. The quantitative estimate of drug-likeness (QED) is 0.619. The van der Waals surface area contributed by atoms with Crippen molar-refractivity contribution < 1.29 is 14.0 Å². The molecule has 1 atom stereocenters. The van der Waals surface area contributed by atoms with Gasteiger partial charge in [-0.1, -0.05) is 16.0 Å². The summed E-state index contributed by atoms with van der Waals surface area (Å²) < 4.78 is 26.2. The Kier molecular flexibility index (Phi) is 5.39. The van der Waals surface area contributed by atoms with Crippen LogP contribution in [-0.2, 0) is 11.4 Å². The van der Waals surface area contributed by atoms with Crippen molar-refractivity contribution in [2.75, 3.05) is 14.2 Å². The lowest BCUT2D eigenvalue weighted by Crippen LogP contribution is -2.25. The van der Waals surface area contributed by atoms with Crippen LogP contribution in [0, 0.1) is 0 Å². The highest BCUT2D eigenvalue weighted by atomic mass is 35.5. The van der Waals surface area contributed by atoms with Crippen LogP contribution in [0.2, 0.25) is 5.02 Å². The molecule has 0 fully saturated rings. The van der Waals surface area contributed by atoms with E-state index in [-0.39, 0.29) is 0 Å². The van der Waals surface area contributed by atoms with Crippen LogP contribution in [0.1, 0.15) is 26.3 Å². The van der Waals surface area contributed by atoms with Crippen LogP contribution in [-0.4, -0.2) is 34.7 Å². The summed E-state index contributed by atoms with van der Waals surface area (Å²) in [6.45, 7) is 5.59. The zero-order chi connectivity index (χ0) is 17.2. The number of benzene rings is 1. The second kappa shape index (κ2) is 6.95. The fraction of sp³-hybridized carbons (Fsp3) is 0.375. The average molecular weight is 355 g/mol. The molecule has 0 saturated heterocycles. The number of methoxy groups -OCH3 is 2. The smallest absolute Gasteiger partial charge is 0.222 e. The van der Waals surface area contributed by atoms with Crippen molar-refractivity contribution in [3.05, 3.63) is 28.8 Å². The molecular weight excluding hydrogens is 336 g/mol. The van der Waals surface area contributed by atoms with E-state index in [2.05, 4.69) is 9.38 Å². The lowest BCUT2D eigenvalue weighted by atomic mass is 10.1. The van der Waals surface area contributed by atoms with E-state index in [0.717, 1.165) is 5.39 Å². The van der Waals surface area contributed by atoms with E-state index < -0.39 is 16.1 Å². The first kappa shape index (κ1) is 17.8. The van der Waals surface area contributed by atoms with Gasteiger partial charge in [-0.05, 0) is 32.9 Å². The van der Waals surface area contributed by atoms with E-state index >= 15 is 0 Å². The van der Waals surface area contributed by atoms with Crippen molar-refractivity contribution in [2.24, 2.45) is 4.40 Å². The van der Waals surface area contributed by atoms with Gasteiger partial charge in [0.15, 0.2) is 0 Å². The summed E-state index contributed by atoms with van der Waals surface area (Å²) in [5.74, 6) is 0.945. The Morgan fingerprint density at radius 2 is 1.91 bits per heavy atom. The number of hydrogen-bond donors (Lipinski definition) is 0. The van der Waals surface area contributed by atoms with Crippen LogP contribution < -0.4 is 9.47 Å². The monoisotopic (exact) mass is 354 g/mol. The number of pyridine rings is 1. The summed E-state index contributed by atoms with van der Waals surface area (Å²) in [6.07, 6.45) is 1.52. The molecule has 1 heterocycles. The molecule has 1 aromatic carbocycles. The topological polar surface area (TPSA) is 66.8 Å². The molecule has 0 amide bonds. The van der Waals surface area contributed by atoms with Gasteiger partial charge in [0.25, 0.3) is 0 Å². The summed E-state index contributed by atoms with van der Waals surface area (Å²) in [7, 11) is 3.08. The Labute approximate surface area is 144 Å². The van der Waals surface area contributed by atoms with Crippen molar-refractivity contribution in [3.8, 4) is 11.6 Å². The van der Waals surface area contributed by atoms with E-state index in [1.165, 1.54) is 13.3 Å². The van der Waals surface area contributed by atoms with Crippen molar-refractivity contribution in [1.82, 2.24) is 4.98 Å². The molecule has 0 bridgehead atoms. The average Bonchev–Trinajstić information content (AvgIpc) is 2.50. The van der Waals surface area contributed by atoms with Crippen LogP contribution in [0.3, 0.4) is 0 Å². The molecule has 124 valence electrons. The first-order valence-electron chi connectivity index (χ1n) is 6.94. The molecule has 0 N–H and O–H groups in total. The van der Waals surface area contributed by atoms with Gasteiger partial charge in [0, 0.05) is 11.5 Å². The van der Waals surface area contributed by atoms with Crippen molar-refractivity contribution in [2.45, 2.75) is 25.5 Å². The van der Waals surface area contributed by atoms with Gasteiger partial charge in [-0.2, -0.15) is 0 Å². The third-order valence-electron chi connectivity index (χ3n) is 3.09. The van der Waals surface area contributed by atoms with E-state index in [1.54, 1.807) is 19.2 Å². The van der Waals surface area contributed by atoms with E-state index in [4.69, 9.17) is 21.1 Å². The van der Waals surface area contributed by atoms with Crippen LogP contribution in [0.15, 0.2) is 22.6 Å². The molecule has 5 nitrogen and oxygen atoms in total. The highest BCUT2D eigenvalue weighted by Crippen LogP contribution is 2.31. The fourth-order valence-corrected chi connectivity index (χ4v) is 2.62. The SMILES string of the molecule is COc1cc2nc(OC)c(C=N[S+]([O-])C(C)(C)C)cc2cc1Cl. The molecule has 2 aromatic rings. The predicted molar refractivity (Wildman–Crippen MR) is 95.3 cm³/mol. The van der Waals surface area contributed by atoms with Crippen LogP contribution >= 0.6 is 11.6 Å². The minimum Gasteiger partial charge on any atom is -0.591 e. The largest absolute Gasteiger partial charge is 0.591 e. The first-order chi connectivity index (χ1) is 10.8. The maximum atomic E-state index is 12.1. The van der Waals surface area contributed by atoms with E-state index in [9.17, 15) is 4.55 Å². The molecule has 0 aliphatic rings. The van der Waals surface area contributed by atoms with Gasteiger partial charge >= 0.3 is 0 Å². The maximum absolute atomic E-state index is 12.1. The minimum atomic E-state index is -1.35. The zero-order valence-electron chi connectivity index (χ0n) is 13.7. The highest BCUT2D eigenvalue weighted by molar-refractivity contribution is 7.91. The van der Waals surface area contributed by atoms with E-state index in [0.29, 0.717) is 27.7 Å².